The second-order valence-corrected chi connectivity index (χ2v) is 9.49. The number of aliphatic imine (C=N–C) groups is 1. The molecule has 5 nitrogen and oxygen atoms in total. The minimum atomic E-state index is 0.0480. The molecule has 0 radical (unpaired) electrons. The molecule has 1 aliphatic heterocycles. The van der Waals surface area contributed by atoms with E-state index in [-0.39, 0.29) is 17.9 Å². The monoisotopic (exact) mass is 450 g/mol. The Bertz CT molecular complexity index is 1460. The van der Waals surface area contributed by atoms with E-state index in [9.17, 15) is 5.11 Å². The molecule has 1 aliphatic carbocycles. The predicted molar refractivity (Wildman–Crippen MR) is 133 cm³/mol. The normalized spacial score (nSPS) is 18.5. The zero-order valence-electron chi connectivity index (χ0n) is 19.4. The number of rotatable bonds is 4. The first-order chi connectivity index (χ1) is 16.4. The van der Waals surface area contributed by atoms with Crippen molar-refractivity contribution in [2.75, 3.05) is 0 Å². The SMILES string of the molecule is Cc1cc(O)c2nc(Oc3cc(C4=N[C@H]5c6ccccc6C[C@@H]5O4)cc(C(C)C)c3)ccc2c1. The first-order valence-corrected chi connectivity index (χ1v) is 11.7. The summed E-state index contributed by atoms with van der Waals surface area (Å²) in [6.45, 7) is 6.25. The van der Waals surface area contributed by atoms with Gasteiger partial charge in [-0.1, -0.05) is 38.1 Å². The highest BCUT2D eigenvalue weighted by molar-refractivity contribution is 5.96. The molecule has 0 bridgehead atoms. The third-order valence-electron chi connectivity index (χ3n) is 6.62. The van der Waals surface area contributed by atoms with Gasteiger partial charge in [0.25, 0.3) is 0 Å². The van der Waals surface area contributed by atoms with Crippen LogP contribution in [0.2, 0.25) is 0 Å². The molecule has 1 N–H and O–H groups in total. The number of nitrogens with zero attached hydrogens (tertiary/aromatic N) is 2. The van der Waals surface area contributed by atoms with Crippen LogP contribution < -0.4 is 4.74 Å². The van der Waals surface area contributed by atoms with Crippen LogP contribution in [-0.2, 0) is 11.2 Å². The molecule has 2 atom stereocenters. The van der Waals surface area contributed by atoms with Crippen LogP contribution in [0.3, 0.4) is 0 Å². The van der Waals surface area contributed by atoms with Crippen molar-refractivity contribution < 1.29 is 14.6 Å². The number of phenols is 1. The summed E-state index contributed by atoms with van der Waals surface area (Å²) in [4.78, 5) is 9.51. The molecule has 6 rings (SSSR count). The minimum Gasteiger partial charge on any atom is -0.506 e. The lowest BCUT2D eigenvalue weighted by molar-refractivity contribution is 0.206. The fourth-order valence-electron chi connectivity index (χ4n) is 4.90. The smallest absolute Gasteiger partial charge is 0.219 e. The Morgan fingerprint density at radius 1 is 1.03 bits per heavy atom. The average Bonchev–Trinajstić information content (AvgIpc) is 3.37. The zero-order chi connectivity index (χ0) is 23.4. The molecule has 3 aromatic carbocycles. The predicted octanol–water partition coefficient (Wildman–Crippen LogP) is 6.61. The standard InChI is InChI=1S/C29H26N2O3/c1-16(2)20-12-21(29-31-28-23-7-5-4-6-18(23)15-25(28)34-29)14-22(13-20)33-26-9-8-19-10-17(3)11-24(32)27(19)30-26/h4-14,16,25,28,32H,15H2,1-3H3/t25-,28-/m0/s1. The van der Waals surface area contributed by atoms with E-state index >= 15 is 0 Å². The number of phenolic OH excluding ortho intramolecular Hbond substituents is 1. The number of fused-ring (bicyclic) bond motifs is 4. The maximum atomic E-state index is 10.3. The van der Waals surface area contributed by atoms with Gasteiger partial charge in [0, 0.05) is 23.4 Å². The fraction of sp³-hybridized carbons (Fsp3) is 0.241. The van der Waals surface area contributed by atoms with Crippen molar-refractivity contribution in [1.82, 2.24) is 4.98 Å². The summed E-state index contributed by atoms with van der Waals surface area (Å²) in [5, 5.41) is 11.2. The van der Waals surface area contributed by atoms with Crippen molar-refractivity contribution in [3.8, 4) is 17.4 Å². The van der Waals surface area contributed by atoms with E-state index in [0.717, 1.165) is 28.5 Å². The summed E-state index contributed by atoms with van der Waals surface area (Å²) in [6.07, 6.45) is 0.929. The summed E-state index contributed by atoms with van der Waals surface area (Å²) in [6, 6.07) is 22.1. The van der Waals surface area contributed by atoms with Crippen LogP contribution in [0.25, 0.3) is 10.9 Å². The number of aromatic hydroxyl groups is 1. The largest absolute Gasteiger partial charge is 0.506 e. The Labute approximate surface area is 198 Å². The highest BCUT2D eigenvalue weighted by atomic mass is 16.5. The topological polar surface area (TPSA) is 63.9 Å². The van der Waals surface area contributed by atoms with Gasteiger partial charge in [-0.05, 0) is 71.5 Å². The van der Waals surface area contributed by atoms with E-state index in [1.165, 1.54) is 11.1 Å². The minimum absolute atomic E-state index is 0.0480. The van der Waals surface area contributed by atoms with Gasteiger partial charge >= 0.3 is 0 Å². The summed E-state index contributed by atoms with van der Waals surface area (Å²) >= 11 is 0. The molecule has 4 aromatic rings. The third-order valence-corrected chi connectivity index (χ3v) is 6.62. The number of aryl methyl sites for hydroxylation is 1. The third kappa shape index (κ3) is 3.58. The molecule has 0 spiro atoms. The Hall–Kier alpha value is -3.86. The van der Waals surface area contributed by atoms with Crippen molar-refractivity contribution in [2.45, 2.75) is 45.3 Å². The van der Waals surface area contributed by atoms with Gasteiger partial charge in [-0.15, -0.1) is 0 Å². The van der Waals surface area contributed by atoms with Crippen molar-refractivity contribution in [3.05, 3.63) is 94.5 Å². The number of hydrogen-bond donors (Lipinski definition) is 1. The molecular formula is C29H26N2O3. The highest BCUT2D eigenvalue weighted by Crippen LogP contribution is 2.41. The molecule has 0 saturated carbocycles. The van der Waals surface area contributed by atoms with Gasteiger partial charge in [-0.25, -0.2) is 9.98 Å². The quantitative estimate of drug-likeness (QED) is 0.380. The van der Waals surface area contributed by atoms with Gasteiger partial charge in [-0.3, -0.25) is 0 Å². The van der Waals surface area contributed by atoms with E-state index in [1.807, 2.05) is 37.3 Å². The van der Waals surface area contributed by atoms with Gasteiger partial charge in [0.1, 0.15) is 29.2 Å². The van der Waals surface area contributed by atoms with Gasteiger partial charge in [0.15, 0.2) is 0 Å². The van der Waals surface area contributed by atoms with Crippen LogP contribution in [0.1, 0.15) is 53.6 Å². The highest BCUT2D eigenvalue weighted by Gasteiger charge is 2.39. The summed E-state index contributed by atoms with van der Waals surface area (Å²) < 4.78 is 12.5. The van der Waals surface area contributed by atoms with Gasteiger partial charge in [-0.2, -0.15) is 0 Å². The fourth-order valence-corrected chi connectivity index (χ4v) is 4.90. The number of ether oxygens (including phenoxy) is 2. The summed E-state index contributed by atoms with van der Waals surface area (Å²) in [5.74, 6) is 2.22. The van der Waals surface area contributed by atoms with E-state index < -0.39 is 0 Å². The zero-order valence-corrected chi connectivity index (χ0v) is 19.4. The molecule has 0 saturated heterocycles. The number of aromatic nitrogens is 1. The van der Waals surface area contributed by atoms with E-state index in [2.05, 4.69) is 49.2 Å². The van der Waals surface area contributed by atoms with Gasteiger partial charge < -0.3 is 14.6 Å². The van der Waals surface area contributed by atoms with E-state index in [0.29, 0.717) is 29.0 Å². The molecule has 5 heteroatoms. The second kappa shape index (κ2) is 7.87. The molecule has 0 unspecified atom stereocenters. The first kappa shape index (κ1) is 20.7. The average molecular weight is 451 g/mol. The molecule has 1 aromatic heterocycles. The van der Waals surface area contributed by atoms with Crippen molar-refractivity contribution in [2.24, 2.45) is 4.99 Å². The molecular weight excluding hydrogens is 424 g/mol. The number of hydrogen-bond acceptors (Lipinski definition) is 5. The maximum absolute atomic E-state index is 10.3. The molecule has 0 amide bonds. The van der Waals surface area contributed by atoms with E-state index in [1.54, 1.807) is 6.07 Å². The molecule has 0 fully saturated rings. The van der Waals surface area contributed by atoms with Crippen LogP contribution in [-0.4, -0.2) is 22.1 Å². The van der Waals surface area contributed by atoms with Crippen molar-refractivity contribution in [3.63, 3.8) is 0 Å². The van der Waals surface area contributed by atoms with E-state index in [4.69, 9.17) is 14.5 Å². The summed E-state index contributed by atoms with van der Waals surface area (Å²) in [7, 11) is 0. The second-order valence-electron chi connectivity index (χ2n) is 9.49. The number of pyridine rings is 1. The van der Waals surface area contributed by atoms with Crippen molar-refractivity contribution >= 4 is 16.8 Å². The first-order valence-electron chi connectivity index (χ1n) is 11.7. The van der Waals surface area contributed by atoms with Crippen LogP contribution in [0.4, 0.5) is 0 Å². The Morgan fingerprint density at radius 3 is 2.74 bits per heavy atom. The Balaban J connectivity index is 1.35. The Morgan fingerprint density at radius 2 is 1.88 bits per heavy atom. The molecule has 34 heavy (non-hydrogen) atoms. The lowest BCUT2D eigenvalue weighted by Gasteiger charge is -2.14. The lowest BCUT2D eigenvalue weighted by Crippen LogP contribution is -2.13. The van der Waals surface area contributed by atoms with Crippen LogP contribution in [0.15, 0.2) is 71.7 Å². The lowest BCUT2D eigenvalue weighted by atomic mass is 10.00. The maximum Gasteiger partial charge on any atom is 0.219 e. The molecule has 2 aliphatic rings. The summed E-state index contributed by atoms with van der Waals surface area (Å²) in [5.41, 5.74) is 6.14. The molecule has 170 valence electrons. The van der Waals surface area contributed by atoms with Gasteiger partial charge in [0.05, 0.1) is 0 Å². The molecule has 2 heterocycles. The Kier molecular flexibility index (Phi) is 4.80. The van der Waals surface area contributed by atoms with Crippen LogP contribution in [0.5, 0.6) is 17.4 Å². The van der Waals surface area contributed by atoms with Crippen LogP contribution in [0, 0.1) is 6.92 Å². The van der Waals surface area contributed by atoms with Crippen molar-refractivity contribution in [1.29, 1.82) is 0 Å². The van der Waals surface area contributed by atoms with Gasteiger partial charge in [0.2, 0.25) is 11.8 Å². The number of benzene rings is 3. The van der Waals surface area contributed by atoms with Crippen LogP contribution >= 0.6 is 0 Å².